The first kappa shape index (κ1) is 112. The Morgan fingerprint density at radius 3 is 1.06 bits per heavy atom. The van der Waals surface area contributed by atoms with Gasteiger partial charge in [0.15, 0.2) is 17.5 Å². The largest absolute Gasteiger partial charge is 0.448 e. The van der Waals surface area contributed by atoms with Crippen molar-refractivity contribution in [2.45, 2.75) is 182 Å². The highest BCUT2D eigenvalue weighted by molar-refractivity contribution is 7.59. The van der Waals surface area contributed by atoms with E-state index in [1.54, 1.807) is 95.7 Å². The number of aliphatic hydroxyl groups is 1. The number of nitrogen functional groups attached to an aromatic ring is 1. The van der Waals surface area contributed by atoms with Crippen LogP contribution in [0.5, 0.6) is 0 Å². The van der Waals surface area contributed by atoms with Crippen LogP contribution in [0, 0.1) is 49.5 Å². The van der Waals surface area contributed by atoms with Crippen LogP contribution < -0.4 is 32.3 Å². The van der Waals surface area contributed by atoms with Crippen molar-refractivity contribution in [2.24, 2.45) is 17.8 Å². The van der Waals surface area contributed by atoms with Crippen LogP contribution in [-0.2, 0) is 74.1 Å². The number of ether oxygens (including phenoxy) is 8. The van der Waals surface area contributed by atoms with E-state index < -0.39 is 74.2 Å². The average Bonchev–Trinajstić information content (AvgIpc) is 1.58. The number of aliphatic hydroxyl groups excluding tert-OH is 1. The molecule has 0 unspecified atom stereocenters. The summed E-state index contributed by atoms with van der Waals surface area (Å²) in [6.45, 7) is 28.1. The summed E-state index contributed by atoms with van der Waals surface area (Å²) in [5.41, 5.74) is 5.93. The summed E-state index contributed by atoms with van der Waals surface area (Å²) >= 11 is 0. The first-order valence-corrected chi connectivity index (χ1v) is 43.0. The van der Waals surface area contributed by atoms with E-state index in [2.05, 4.69) is 51.7 Å². The Bertz CT molecular complexity index is 5000. The number of nitro groups is 2. The van der Waals surface area contributed by atoms with E-state index >= 15 is 0 Å². The molecule has 133 heavy (non-hydrogen) atoms. The molecule has 734 valence electrons. The number of fused-ring (bicyclic) bond motifs is 3. The van der Waals surface area contributed by atoms with Crippen LogP contribution in [-0.4, -0.2) is 280 Å². The standard InChI is InChI=1S/C27H37N7O7.C27H39N7O5.C22H27N5O7.C10H18N2O2.CH4O.3H2S/c1-6-41-26(37)33-22-20(23(30-33)29-24(35)18-7-9-19(10-8-18)34(38)39)15-32(27(22,2)3)25(36)28-21(16-31(4)5)17-11-13-40-14-12-17;1-6-39-26(37)34-22-20(23(31-34)30-24(35)18-7-9-19(28)10-8-18)15-33(27(22,2)3)25(36)29-21(16-32(4)5)17-11-13-38-14-12-17;1-7-33-20(30)26-16-15(12-25(22(16,5)6)19(29)34-21(2,3)4)17(24-26)23-18(28)13-8-10-14(11-9-13)27(31)32;1-12(2)7-10(14-8-11)9-3-5-13-6-4-9;1-2;;;/h7-10,17,21H,6,11-16H2,1-5H3,(H,28,36)(H,29,30,35);7-10,17,21H,6,11-16,28H2,1-5H3,(H,29,36)(H,30,31,35);8-11H,7,12H2,1-6H3,(H,23,24,28);9-10H,3-7H2,1-2H3;2H,1H3;3*1H2/t2*21-;;10-;;;;/m11.1..../s1. The highest BCUT2D eigenvalue weighted by Crippen LogP contribution is 2.46. The Labute approximate surface area is 795 Å². The first-order valence-electron chi connectivity index (χ1n) is 43.0. The van der Waals surface area contributed by atoms with Crippen LogP contribution in [0.2, 0.25) is 0 Å². The number of aromatic nitrogens is 6. The van der Waals surface area contributed by atoms with E-state index in [1.165, 1.54) is 53.4 Å². The molecule has 6 aliphatic heterocycles. The van der Waals surface area contributed by atoms with Gasteiger partial charge in [0.05, 0.1) is 83.0 Å². The van der Waals surface area contributed by atoms with Crippen molar-refractivity contribution >= 4 is 129 Å². The summed E-state index contributed by atoms with van der Waals surface area (Å²) in [6.07, 6.45) is 4.52. The third-order valence-electron chi connectivity index (χ3n) is 22.6. The zero-order valence-electron chi connectivity index (χ0n) is 79.0. The predicted molar refractivity (Wildman–Crippen MR) is 507 cm³/mol. The van der Waals surface area contributed by atoms with E-state index in [4.69, 9.17) is 54.0 Å². The summed E-state index contributed by atoms with van der Waals surface area (Å²) in [5.74, 6) is -0.152. The average molecular weight is 1920 g/mol. The molecule has 0 spiro atoms. The van der Waals surface area contributed by atoms with E-state index in [9.17, 15) is 63.4 Å². The highest BCUT2D eigenvalue weighted by Gasteiger charge is 2.52. The van der Waals surface area contributed by atoms with Crippen molar-refractivity contribution in [3.8, 4) is 6.26 Å². The monoisotopic (exact) mass is 1920 g/mol. The molecular formula is C87H131N21O22S3. The summed E-state index contributed by atoms with van der Waals surface area (Å²) in [6, 6.07) is 15.9. The molecule has 3 saturated heterocycles. The number of benzene rings is 3. The van der Waals surface area contributed by atoms with Gasteiger partial charge in [-0.15, -0.1) is 15.3 Å². The van der Waals surface area contributed by atoms with Crippen molar-refractivity contribution in [2.75, 3.05) is 150 Å². The van der Waals surface area contributed by atoms with Gasteiger partial charge in [-0.05, 0) is 224 Å². The molecule has 8 amide bonds. The van der Waals surface area contributed by atoms with Crippen molar-refractivity contribution in [3.63, 3.8) is 0 Å². The number of non-ortho nitro benzene ring substituents is 2. The number of nitriles is 1. The van der Waals surface area contributed by atoms with Crippen LogP contribution in [0.15, 0.2) is 72.8 Å². The van der Waals surface area contributed by atoms with Crippen LogP contribution >= 0.6 is 40.5 Å². The zero-order valence-corrected chi connectivity index (χ0v) is 82.0. The minimum atomic E-state index is -1.01. The molecule has 43 nitrogen and oxygen atoms in total. The number of urea groups is 2. The number of hydrogen-bond acceptors (Lipinski definition) is 30. The number of nitrogens with zero attached hydrogens (tertiary/aromatic N) is 15. The lowest BCUT2D eigenvalue weighted by Gasteiger charge is -2.37. The number of nitrogens with two attached hydrogens (primary N) is 1. The molecule has 12 rings (SSSR count). The van der Waals surface area contributed by atoms with Gasteiger partial charge in [-0.2, -0.15) is 59.8 Å². The van der Waals surface area contributed by atoms with Crippen molar-refractivity contribution < 1.29 is 96.0 Å². The fourth-order valence-electron chi connectivity index (χ4n) is 16.2. The number of likely N-dealkylation sites (N-methyl/N-ethyl adjacent to an activating group) is 3. The maximum Gasteiger partial charge on any atom is 0.435 e. The first-order chi connectivity index (χ1) is 61.4. The summed E-state index contributed by atoms with van der Waals surface area (Å²) in [5, 5.41) is 65.0. The van der Waals surface area contributed by atoms with Gasteiger partial charge in [0.25, 0.3) is 35.4 Å². The van der Waals surface area contributed by atoms with Crippen LogP contribution in [0.1, 0.15) is 186 Å². The van der Waals surface area contributed by atoms with E-state index in [-0.39, 0.29) is 156 Å². The molecule has 3 fully saturated rings. The summed E-state index contributed by atoms with van der Waals surface area (Å²) in [7, 11) is 12.9. The Morgan fingerprint density at radius 1 is 0.496 bits per heavy atom. The molecule has 3 atom stereocenters. The molecule has 46 heteroatoms. The van der Waals surface area contributed by atoms with Gasteiger partial charge < -0.3 is 99.8 Å². The maximum atomic E-state index is 13.8. The molecule has 0 aliphatic carbocycles. The molecular weight excluding hydrogens is 1790 g/mol. The Morgan fingerprint density at radius 2 is 0.782 bits per heavy atom. The van der Waals surface area contributed by atoms with Gasteiger partial charge in [0.1, 0.15) is 11.7 Å². The number of hydrogen-bond donors (Lipinski definition) is 7. The van der Waals surface area contributed by atoms with Gasteiger partial charge >= 0.3 is 36.4 Å². The fourth-order valence-corrected chi connectivity index (χ4v) is 16.2. The molecule has 6 aliphatic rings. The van der Waals surface area contributed by atoms with Gasteiger partial charge in [-0.3, -0.25) is 39.5 Å². The van der Waals surface area contributed by atoms with Gasteiger partial charge in [0, 0.05) is 148 Å². The number of carbonyl (C=O) groups excluding carboxylic acids is 9. The number of nitrogens with one attached hydrogen (secondary N) is 5. The second-order valence-electron chi connectivity index (χ2n) is 34.9. The predicted octanol–water partition coefficient (Wildman–Crippen LogP) is 10.8. The van der Waals surface area contributed by atoms with E-state index in [1.807, 2.05) is 74.9 Å². The lowest BCUT2D eigenvalue weighted by atomic mass is 9.91. The van der Waals surface area contributed by atoms with Gasteiger partial charge in [-0.1, -0.05) is 0 Å². The second-order valence-corrected chi connectivity index (χ2v) is 34.9. The third-order valence-corrected chi connectivity index (χ3v) is 22.6. The molecule has 6 aromatic rings. The second kappa shape index (κ2) is 50.1. The lowest BCUT2D eigenvalue weighted by Crippen LogP contribution is -2.54. The zero-order chi connectivity index (χ0) is 96.0. The highest BCUT2D eigenvalue weighted by atomic mass is 32.1. The number of rotatable bonds is 23. The Balaban J connectivity index is 0.000000323. The maximum absolute atomic E-state index is 13.8. The molecule has 0 bridgehead atoms. The van der Waals surface area contributed by atoms with Crippen molar-refractivity contribution in [1.29, 1.82) is 5.26 Å². The third kappa shape index (κ3) is 28.6. The van der Waals surface area contributed by atoms with Crippen LogP contribution in [0.3, 0.4) is 0 Å². The lowest BCUT2D eigenvalue weighted by molar-refractivity contribution is -0.385. The Kier molecular flexibility index (Phi) is 42.2. The van der Waals surface area contributed by atoms with Crippen molar-refractivity contribution in [1.82, 2.24) is 69.4 Å². The topological polar surface area (TPSA) is 517 Å². The molecule has 3 aromatic heterocycles. The van der Waals surface area contributed by atoms with Crippen molar-refractivity contribution in [3.05, 3.63) is 143 Å². The molecule has 3 aromatic carbocycles. The number of nitro benzene ring substituents is 2. The molecule has 0 saturated carbocycles. The smallest absolute Gasteiger partial charge is 0.435 e. The molecule has 0 radical (unpaired) electrons. The van der Waals surface area contributed by atoms with Gasteiger partial charge in [-0.25, -0.2) is 28.8 Å². The number of anilines is 4. The normalized spacial score (nSPS) is 16.3. The minimum absolute atomic E-state index is 0. The molecule has 8 N–H and O–H groups in total. The Hall–Kier alpha value is -11.4. The van der Waals surface area contributed by atoms with Crippen LogP contribution in [0.25, 0.3) is 0 Å². The van der Waals surface area contributed by atoms with E-state index in [0.29, 0.717) is 96.4 Å². The van der Waals surface area contributed by atoms with E-state index in [0.717, 1.165) is 79.4 Å². The summed E-state index contributed by atoms with van der Waals surface area (Å²) < 4.78 is 45.8. The van der Waals surface area contributed by atoms with Gasteiger partial charge in [0.2, 0.25) is 0 Å². The number of carbonyl (C=O) groups is 9. The number of amides is 8. The SMILES string of the molecule is CCOC(=O)n1nc(NC(=O)c2ccc(N)cc2)c2c1C(C)(C)N(C(=O)N[C@H](CN(C)C)C1CCOCC1)C2.CCOC(=O)n1nc(NC(=O)c2ccc([N+](=O)[O-])cc2)c2c1C(C)(C)N(C(=O)N[C@H](CN(C)C)C1CCOCC1)C2.CCOC(=O)n1nc(NC(=O)c2ccc([N+](=O)[O-])cc2)c2c1C(C)(C)N(C(=O)OC(C)(C)C)C2.CN(C)C[C@@H](OC#N)C1CCOCC1.CO.S.S.S. The minimum Gasteiger partial charge on any atom is -0.448 e. The fraction of sp³-hybridized carbons (Fsp3) is 0.575. The summed E-state index contributed by atoms with van der Waals surface area (Å²) in [4.78, 5) is 149. The van der Waals surface area contributed by atoms with Crippen LogP contribution in [0.4, 0.5) is 63.3 Å². The molecule has 9 heterocycles. The quantitative estimate of drug-likeness (QED) is 0.0103.